The van der Waals surface area contributed by atoms with Crippen LogP contribution in [0.25, 0.3) is 11.1 Å². The first-order valence-electron chi connectivity index (χ1n) is 11.1. The molecule has 2 aromatic rings. The molecule has 2 aromatic carbocycles. The van der Waals surface area contributed by atoms with E-state index in [1.807, 2.05) is 24.3 Å². The molecule has 168 valence electrons. The molecule has 7 nitrogen and oxygen atoms in total. The van der Waals surface area contributed by atoms with Crippen molar-refractivity contribution >= 4 is 18.0 Å². The number of hydrogen-bond acceptors (Lipinski definition) is 4. The van der Waals surface area contributed by atoms with Gasteiger partial charge in [0.05, 0.1) is 0 Å². The molecule has 2 amide bonds. The zero-order valence-electron chi connectivity index (χ0n) is 18.0. The van der Waals surface area contributed by atoms with Crippen LogP contribution in [0.3, 0.4) is 0 Å². The number of rotatable bonds is 9. The van der Waals surface area contributed by atoms with Crippen molar-refractivity contribution in [1.82, 2.24) is 10.6 Å². The van der Waals surface area contributed by atoms with Crippen molar-refractivity contribution in [1.29, 1.82) is 0 Å². The van der Waals surface area contributed by atoms with Crippen LogP contribution in [-0.4, -0.2) is 41.8 Å². The Bertz CT molecular complexity index is 971. The molecule has 0 bridgehead atoms. The Morgan fingerprint density at radius 2 is 1.59 bits per heavy atom. The monoisotopic (exact) mass is 436 g/mol. The SMILES string of the molecule is CC(CCC(=O)NC(C(=O)O)C1CC1)NC(=O)OCC1c2ccccc2-c2ccccc21. The fraction of sp³-hybridized carbons (Fsp3) is 0.400. The minimum absolute atomic E-state index is 0.00962. The summed E-state index contributed by atoms with van der Waals surface area (Å²) in [6.45, 7) is 2.03. The van der Waals surface area contributed by atoms with Gasteiger partial charge in [-0.2, -0.15) is 0 Å². The van der Waals surface area contributed by atoms with Gasteiger partial charge in [-0.3, -0.25) is 4.79 Å². The standard InChI is InChI=1S/C25H28N2O5/c1-15(10-13-22(28)27-23(24(29)30)16-11-12-16)26-25(31)32-14-21-19-8-4-2-6-17(19)18-7-3-5-9-20(18)21/h2-9,15-16,21,23H,10-14H2,1H3,(H,26,31)(H,27,28)(H,29,30). The van der Waals surface area contributed by atoms with E-state index in [-0.39, 0.29) is 36.8 Å². The first kappa shape index (κ1) is 21.9. The van der Waals surface area contributed by atoms with Crippen molar-refractivity contribution in [2.75, 3.05) is 6.61 Å². The quantitative estimate of drug-likeness (QED) is 0.556. The molecule has 0 aromatic heterocycles. The first-order valence-corrected chi connectivity index (χ1v) is 11.1. The van der Waals surface area contributed by atoms with Gasteiger partial charge in [0.15, 0.2) is 0 Å². The number of amides is 2. The van der Waals surface area contributed by atoms with Gasteiger partial charge in [0.2, 0.25) is 5.91 Å². The number of fused-ring (bicyclic) bond motifs is 3. The summed E-state index contributed by atoms with van der Waals surface area (Å²) >= 11 is 0. The maximum absolute atomic E-state index is 12.3. The third-order valence-corrected chi connectivity index (χ3v) is 6.19. The lowest BCUT2D eigenvalue weighted by Crippen LogP contribution is -2.43. The van der Waals surface area contributed by atoms with E-state index < -0.39 is 18.1 Å². The molecular weight excluding hydrogens is 408 g/mol. The highest BCUT2D eigenvalue weighted by Crippen LogP contribution is 2.44. The van der Waals surface area contributed by atoms with Crippen molar-refractivity contribution < 1.29 is 24.2 Å². The number of benzene rings is 2. The smallest absolute Gasteiger partial charge is 0.407 e. The van der Waals surface area contributed by atoms with E-state index in [4.69, 9.17) is 4.74 Å². The van der Waals surface area contributed by atoms with E-state index in [0.29, 0.717) is 6.42 Å². The second kappa shape index (κ2) is 9.42. The van der Waals surface area contributed by atoms with Gasteiger partial charge in [0.25, 0.3) is 0 Å². The largest absolute Gasteiger partial charge is 0.480 e. The van der Waals surface area contributed by atoms with Gasteiger partial charge < -0.3 is 20.5 Å². The highest BCUT2D eigenvalue weighted by Gasteiger charge is 2.37. The number of carbonyl (C=O) groups is 3. The van der Waals surface area contributed by atoms with Gasteiger partial charge in [-0.05, 0) is 54.4 Å². The zero-order chi connectivity index (χ0) is 22.7. The Hall–Kier alpha value is -3.35. The molecule has 4 rings (SSSR count). The molecule has 0 heterocycles. The molecule has 2 aliphatic rings. The lowest BCUT2D eigenvalue weighted by molar-refractivity contribution is -0.142. The number of nitrogens with one attached hydrogen (secondary N) is 2. The lowest BCUT2D eigenvalue weighted by atomic mass is 9.98. The Kier molecular flexibility index (Phi) is 6.44. The molecule has 0 saturated heterocycles. The summed E-state index contributed by atoms with van der Waals surface area (Å²) in [7, 11) is 0. The van der Waals surface area contributed by atoms with Crippen LogP contribution < -0.4 is 10.6 Å². The number of aliphatic carboxylic acids is 1. The van der Waals surface area contributed by atoms with Crippen molar-refractivity contribution in [3.8, 4) is 11.1 Å². The van der Waals surface area contributed by atoms with E-state index in [1.165, 1.54) is 11.1 Å². The van der Waals surface area contributed by atoms with Crippen LogP contribution in [0.5, 0.6) is 0 Å². The van der Waals surface area contributed by atoms with E-state index in [1.54, 1.807) is 6.92 Å². The van der Waals surface area contributed by atoms with Gasteiger partial charge in [-0.25, -0.2) is 9.59 Å². The molecule has 0 aliphatic heterocycles. The molecule has 3 N–H and O–H groups in total. The predicted molar refractivity (Wildman–Crippen MR) is 119 cm³/mol. The van der Waals surface area contributed by atoms with Gasteiger partial charge >= 0.3 is 12.1 Å². The summed E-state index contributed by atoms with van der Waals surface area (Å²) in [5.41, 5.74) is 4.63. The zero-order valence-corrected chi connectivity index (χ0v) is 18.0. The normalized spacial score (nSPS) is 16.4. The number of alkyl carbamates (subject to hydrolysis) is 1. The number of carboxylic acid groups (broad SMARTS) is 1. The van der Waals surface area contributed by atoms with Gasteiger partial charge in [-0.15, -0.1) is 0 Å². The van der Waals surface area contributed by atoms with Gasteiger partial charge in [-0.1, -0.05) is 48.5 Å². The molecule has 0 spiro atoms. The summed E-state index contributed by atoms with van der Waals surface area (Å²) in [5, 5.41) is 14.6. The van der Waals surface area contributed by atoms with E-state index in [2.05, 4.69) is 34.9 Å². The first-order chi connectivity index (χ1) is 15.4. The van der Waals surface area contributed by atoms with E-state index >= 15 is 0 Å². The second-order valence-electron chi connectivity index (χ2n) is 8.63. The number of ether oxygens (including phenoxy) is 1. The molecule has 2 aliphatic carbocycles. The molecule has 2 atom stereocenters. The lowest BCUT2D eigenvalue weighted by Gasteiger charge is -2.18. The molecule has 1 saturated carbocycles. The number of hydrogen-bond donors (Lipinski definition) is 3. The van der Waals surface area contributed by atoms with Crippen LogP contribution in [0, 0.1) is 5.92 Å². The van der Waals surface area contributed by atoms with Crippen LogP contribution in [0.4, 0.5) is 4.79 Å². The van der Waals surface area contributed by atoms with Crippen molar-refractivity contribution in [2.45, 2.75) is 50.6 Å². The van der Waals surface area contributed by atoms with Gasteiger partial charge in [0, 0.05) is 18.4 Å². The highest BCUT2D eigenvalue weighted by atomic mass is 16.5. The Morgan fingerprint density at radius 3 is 2.16 bits per heavy atom. The molecule has 7 heteroatoms. The Labute approximate surface area is 187 Å². The third-order valence-electron chi connectivity index (χ3n) is 6.19. The third kappa shape index (κ3) is 4.93. The minimum Gasteiger partial charge on any atom is -0.480 e. The molecule has 0 radical (unpaired) electrons. The maximum Gasteiger partial charge on any atom is 0.407 e. The molecular formula is C25H28N2O5. The van der Waals surface area contributed by atoms with Crippen LogP contribution in [0.15, 0.2) is 48.5 Å². The van der Waals surface area contributed by atoms with E-state index in [9.17, 15) is 19.5 Å². The van der Waals surface area contributed by atoms with Crippen LogP contribution in [-0.2, 0) is 14.3 Å². The Balaban J connectivity index is 1.24. The van der Waals surface area contributed by atoms with Crippen LogP contribution in [0.2, 0.25) is 0 Å². The summed E-state index contributed by atoms with van der Waals surface area (Å²) in [4.78, 5) is 35.7. The Morgan fingerprint density at radius 1 is 1.00 bits per heavy atom. The number of carboxylic acids is 1. The van der Waals surface area contributed by atoms with Crippen LogP contribution in [0.1, 0.15) is 49.7 Å². The van der Waals surface area contributed by atoms with Crippen molar-refractivity contribution in [3.05, 3.63) is 59.7 Å². The molecule has 32 heavy (non-hydrogen) atoms. The fourth-order valence-corrected chi connectivity index (χ4v) is 4.32. The van der Waals surface area contributed by atoms with E-state index in [0.717, 1.165) is 24.0 Å². The average molecular weight is 437 g/mol. The minimum atomic E-state index is -0.995. The summed E-state index contributed by atoms with van der Waals surface area (Å²) in [6, 6.07) is 15.2. The highest BCUT2D eigenvalue weighted by molar-refractivity contribution is 5.84. The molecule has 2 unspecified atom stereocenters. The van der Waals surface area contributed by atoms with Crippen molar-refractivity contribution in [3.63, 3.8) is 0 Å². The number of carbonyl (C=O) groups excluding carboxylic acids is 2. The van der Waals surface area contributed by atoms with Gasteiger partial charge in [0.1, 0.15) is 12.6 Å². The second-order valence-corrected chi connectivity index (χ2v) is 8.63. The summed E-state index contributed by atoms with van der Waals surface area (Å²) < 4.78 is 5.52. The topological polar surface area (TPSA) is 105 Å². The fourth-order valence-electron chi connectivity index (χ4n) is 4.32. The van der Waals surface area contributed by atoms with Crippen LogP contribution >= 0.6 is 0 Å². The van der Waals surface area contributed by atoms with Crippen molar-refractivity contribution in [2.24, 2.45) is 5.92 Å². The summed E-state index contributed by atoms with van der Waals surface area (Å²) in [6.07, 6.45) is 1.67. The average Bonchev–Trinajstić information content (AvgIpc) is 3.57. The molecule has 1 fully saturated rings. The maximum atomic E-state index is 12.3. The summed E-state index contributed by atoms with van der Waals surface area (Å²) in [5.74, 6) is -1.28. The predicted octanol–water partition coefficient (Wildman–Crippen LogP) is 3.67.